The zero-order chi connectivity index (χ0) is 27.5. The molecule has 2 aliphatic rings. The molecule has 0 radical (unpaired) electrons. The van der Waals surface area contributed by atoms with Gasteiger partial charge < -0.3 is 9.47 Å². The summed E-state index contributed by atoms with van der Waals surface area (Å²) in [5.74, 6) is -0.970. The Hall–Kier alpha value is -2.98. The van der Waals surface area contributed by atoms with E-state index in [2.05, 4.69) is 0 Å². The molecule has 0 atom stereocenters. The van der Waals surface area contributed by atoms with Crippen molar-refractivity contribution in [1.82, 2.24) is 9.80 Å². The van der Waals surface area contributed by atoms with E-state index in [0.717, 1.165) is 9.80 Å². The lowest BCUT2D eigenvalue weighted by Crippen LogP contribution is -2.33. The average molecular weight is 507 g/mol. The highest BCUT2D eigenvalue weighted by molar-refractivity contribution is 6.13. The van der Waals surface area contributed by atoms with E-state index in [1.807, 2.05) is 41.5 Å². The first-order valence-corrected chi connectivity index (χ1v) is 11.9. The van der Waals surface area contributed by atoms with Crippen LogP contribution in [0.2, 0.25) is 0 Å². The minimum Gasteiger partial charge on any atom is -0.379 e. The molecule has 0 fully saturated rings. The quantitative estimate of drug-likeness (QED) is 0.290. The van der Waals surface area contributed by atoms with Crippen molar-refractivity contribution in [2.75, 3.05) is 39.5 Å². The number of Topliss-reactive ketones (excluding diaryl/α,β-unsaturated/α-hetero) is 2. The molecular formula is C26H38N2O8. The predicted molar refractivity (Wildman–Crippen MR) is 132 cm³/mol. The highest BCUT2D eigenvalue weighted by atomic mass is 16.5. The van der Waals surface area contributed by atoms with Crippen LogP contribution in [0.15, 0.2) is 24.3 Å². The summed E-state index contributed by atoms with van der Waals surface area (Å²) >= 11 is 0. The highest BCUT2D eigenvalue weighted by Crippen LogP contribution is 2.17. The Morgan fingerprint density at radius 2 is 0.861 bits per heavy atom. The smallest absolute Gasteiger partial charge is 0.253 e. The van der Waals surface area contributed by atoms with Crippen LogP contribution in [0.4, 0.5) is 0 Å². The first kappa shape index (κ1) is 31.1. The number of rotatable bonds is 12. The van der Waals surface area contributed by atoms with E-state index in [-0.39, 0.29) is 72.3 Å². The normalized spacial score (nSPS) is 15.6. The summed E-state index contributed by atoms with van der Waals surface area (Å²) in [6.45, 7) is 12.8. The number of hydrogen-bond donors (Lipinski definition) is 0. The van der Waals surface area contributed by atoms with Gasteiger partial charge in [-0.15, -0.1) is 0 Å². The maximum atomic E-state index is 11.6. The first-order valence-electron chi connectivity index (χ1n) is 11.9. The number of carbonyl (C=O) groups excluding carboxylic acids is 6. The second-order valence-corrected chi connectivity index (χ2v) is 10.4. The van der Waals surface area contributed by atoms with Gasteiger partial charge in [0.05, 0.1) is 39.5 Å². The minimum absolute atomic E-state index is 0.137. The van der Waals surface area contributed by atoms with Gasteiger partial charge in [0.2, 0.25) is 0 Å². The van der Waals surface area contributed by atoms with E-state index >= 15 is 0 Å². The van der Waals surface area contributed by atoms with E-state index in [0.29, 0.717) is 26.1 Å². The Labute approximate surface area is 212 Å². The number of carbonyl (C=O) groups is 6. The maximum absolute atomic E-state index is 11.6. The second-order valence-electron chi connectivity index (χ2n) is 10.4. The third-order valence-electron chi connectivity index (χ3n) is 5.34. The fraction of sp³-hybridized carbons (Fsp3) is 0.615. The molecule has 2 heterocycles. The Morgan fingerprint density at radius 3 is 1.11 bits per heavy atom. The van der Waals surface area contributed by atoms with Gasteiger partial charge in [-0.1, -0.05) is 41.5 Å². The van der Waals surface area contributed by atoms with Crippen LogP contribution < -0.4 is 0 Å². The Morgan fingerprint density at radius 1 is 0.583 bits per heavy atom. The molecule has 0 aromatic heterocycles. The molecule has 10 nitrogen and oxygen atoms in total. The topological polar surface area (TPSA) is 127 Å². The zero-order valence-corrected chi connectivity index (χ0v) is 22.1. The molecule has 200 valence electrons. The van der Waals surface area contributed by atoms with Crippen LogP contribution in [-0.2, 0) is 38.2 Å². The molecule has 10 heteroatoms. The van der Waals surface area contributed by atoms with E-state index in [9.17, 15) is 28.8 Å². The van der Waals surface area contributed by atoms with Crippen LogP contribution >= 0.6 is 0 Å². The number of ketones is 2. The van der Waals surface area contributed by atoms with Crippen molar-refractivity contribution in [2.24, 2.45) is 10.8 Å². The van der Waals surface area contributed by atoms with E-state index in [1.165, 1.54) is 24.3 Å². The number of amides is 4. The third-order valence-corrected chi connectivity index (χ3v) is 5.34. The second kappa shape index (κ2) is 13.9. The summed E-state index contributed by atoms with van der Waals surface area (Å²) < 4.78 is 10.5. The summed E-state index contributed by atoms with van der Waals surface area (Å²) in [4.78, 5) is 70.2. The lowest BCUT2D eigenvalue weighted by atomic mass is 9.89. The van der Waals surface area contributed by atoms with Crippen LogP contribution in [0.25, 0.3) is 0 Å². The van der Waals surface area contributed by atoms with Crippen LogP contribution in [-0.4, -0.2) is 84.5 Å². The zero-order valence-electron chi connectivity index (χ0n) is 22.1. The third kappa shape index (κ3) is 10.7. The predicted octanol–water partition coefficient (Wildman–Crippen LogP) is 1.87. The monoisotopic (exact) mass is 506 g/mol. The van der Waals surface area contributed by atoms with Crippen molar-refractivity contribution < 1.29 is 38.2 Å². The van der Waals surface area contributed by atoms with Crippen LogP contribution in [0, 0.1) is 10.8 Å². The summed E-state index contributed by atoms with van der Waals surface area (Å²) in [6, 6.07) is 0. The first-order chi connectivity index (χ1) is 16.6. The standard InChI is InChI=1S/2C13H19NO4/c2*1-13(2,3)10(15)6-8-18-9-7-14-11(16)4-5-12(14)17/h2*4-5H,6-9H2,1-3H3. The van der Waals surface area contributed by atoms with Gasteiger partial charge in [0.1, 0.15) is 11.6 Å². The van der Waals surface area contributed by atoms with Crippen molar-refractivity contribution in [1.29, 1.82) is 0 Å². The molecule has 0 aliphatic carbocycles. The summed E-state index contributed by atoms with van der Waals surface area (Å²) in [7, 11) is 0. The van der Waals surface area contributed by atoms with Gasteiger partial charge in [-0.05, 0) is 0 Å². The molecule has 2 rings (SSSR count). The van der Waals surface area contributed by atoms with E-state index < -0.39 is 0 Å². The molecule has 36 heavy (non-hydrogen) atoms. The highest BCUT2D eigenvalue weighted by Gasteiger charge is 2.24. The van der Waals surface area contributed by atoms with Crippen molar-refractivity contribution >= 4 is 35.2 Å². The number of ether oxygens (including phenoxy) is 2. The molecule has 2 aliphatic heterocycles. The van der Waals surface area contributed by atoms with Crippen LogP contribution in [0.5, 0.6) is 0 Å². The Bertz CT molecular complexity index is 796. The largest absolute Gasteiger partial charge is 0.379 e. The van der Waals surface area contributed by atoms with Gasteiger partial charge in [0.15, 0.2) is 0 Å². The Kier molecular flexibility index (Phi) is 12.0. The minimum atomic E-state index is -0.353. The van der Waals surface area contributed by atoms with Crippen LogP contribution in [0.3, 0.4) is 0 Å². The lowest BCUT2D eigenvalue weighted by Gasteiger charge is -2.17. The summed E-state index contributed by atoms with van der Waals surface area (Å²) in [6.07, 6.45) is 5.67. The fourth-order valence-electron chi connectivity index (χ4n) is 2.90. The Balaban J connectivity index is 0.000000360. The van der Waals surface area contributed by atoms with Gasteiger partial charge in [0, 0.05) is 48.0 Å². The van der Waals surface area contributed by atoms with Crippen molar-refractivity contribution in [3.8, 4) is 0 Å². The molecule has 0 saturated carbocycles. The fourth-order valence-corrected chi connectivity index (χ4v) is 2.90. The molecule has 0 aromatic rings. The molecule has 0 unspecified atom stereocenters. The van der Waals surface area contributed by atoms with Crippen molar-refractivity contribution in [2.45, 2.75) is 54.4 Å². The summed E-state index contributed by atoms with van der Waals surface area (Å²) in [5.41, 5.74) is -0.706. The molecule has 0 bridgehead atoms. The van der Waals surface area contributed by atoms with Gasteiger partial charge in [-0.25, -0.2) is 0 Å². The lowest BCUT2D eigenvalue weighted by molar-refractivity contribution is -0.139. The van der Waals surface area contributed by atoms with Gasteiger partial charge in [0.25, 0.3) is 23.6 Å². The van der Waals surface area contributed by atoms with Crippen molar-refractivity contribution in [3.05, 3.63) is 24.3 Å². The summed E-state index contributed by atoms with van der Waals surface area (Å²) in [5, 5.41) is 0. The van der Waals surface area contributed by atoms with Crippen molar-refractivity contribution in [3.63, 3.8) is 0 Å². The van der Waals surface area contributed by atoms with Crippen LogP contribution in [0.1, 0.15) is 54.4 Å². The molecule has 4 amide bonds. The van der Waals surface area contributed by atoms with Gasteiger partial charge in [-0.2, -0.15) is 0 Å². The molecule has 0 spiro atoms. The van der Waals surface area contributed by atoms with Gasteiger partial charge in [-0.3, -0.25) is 38.6 Å². The van der Waals surface area contributed by atoms with Gasteiger partial charge >= 0.3 is 0 Å². The molecule has 0 aromatic carbocycles. The average Bonchev–Trinajstić information content (AvgIpc) is 3.27. The van der Waals surface area contributed by atoms with E-state index in [1.54, 1.807) is 0 Å². The number of imide groups is 2. The molecule has 0 saturated heterocycles. The molecule has 0 N–H and O–H groups in total. The SMILES string of the molecule is CC(C)(C)C(=O)CCOCCN1C(=O)C=CC1=O.CC(C)(C)C(=O)CCOCCN1C(=O)C=CC1=O. The number of nitrogens with zero attached hydrogens (tertiary/aromatic N) is 2. The van der Waals surface area contributed by atoms with E-state index in [4.69, 9.17) is 9.47 Å². The number of hydrogen-bond acceptors (Lipinski definition) is 8. The maximum Gasteiger partial charge on any atom is 0.253 e. The molecular weight excluding hydrogens is 468 g/mol.